The summed E-state index contributed by atoms with van der Waals surface area (Å²) < 4.78 is 6.46. The molecule has 0 bridgehead atoms. The lowest BCUT2D eigenvalue weighted by molar-refractivity contribution is 0.364. The second-order valence-corrected chi connectivity index (χ2v) is 5.41. The van der Waals surface area contributed by atoms with Crippen LogP contribution < -0.4 is 5.32 Å². The fourth-order valence-corrected chi connectivity index (χ4v) is 2.44. The Labute approximate surface area is 101 Å². The smallest absolute Gasteiger partial charge is 0.134 e. The van der Waals surface area contributed by atoms with Gasteiger partial charge in [0.05, 0.1) is 16.8 Å². The Morgan fingerprint density at radius 3 is 2.47 bits per heavy atom. The quantitative estimate of drug-likeness (QED) is 0.873. The zero-order valence-corrected chi connectivity index (χ0v) is 11.5. The second kappa shape index (κ2) is 5.71. The van der Waals surface area contributed by atoms with Crippen LogP contribution in [0.4, 0.5) is 0 Å². The molecular formula is C12H20BrNO. The van der Waals surface area contributed by atoms with Crippen molar-refractivity contribution >= 4 is 15.9 Å². The highest BCUT2D eigenvalue weighted by molar-refractivity contribution is 9.10. The summed E-state index contributed by atoms with van der Waals surface area (Å²) in [6.45, 7) is 8.82. The Morgan fingerprint density at radius 2 is 2.00 bits per heavy atom. The molecule has 1 heterocycles. The van der Waals surface area contributed by atoms with Crippen molar-refractivity contribution in [3.8, 4) is 0 Å². The minimum atomic E-state index is 0.253. The van der Waals surface area contributed by atoms with Crippen molar-refractivity contribution in [1.29, 1.82) is 0 Å². The Morgan fingerprint density at radius 1 is 1.33 bits per heavy atom. The molecule has 0 saturated carbocycles. The molecule has 0 aliphatic heterocycles. The van der Waals surface area contributed by atoms with Gasteiger partial charge in [0.1, 0.15) is 5.76 Å². The first-order chi connectivity index (χ1) is 7.00. The van der Waals surface area contributed by atoms with Crippen LogP contribution in [0.15, 0.2) is 21.2 Å². The summed E-state index contributed by atoms with van der Waals surface area (Å²) in [6, 6.07) is 2.70. The van der Waals surface area contributed by atoms with E-state index in [9.17, 15) is 0 Å². The molecule has 0 amide bonds. The monoisotopic (exact) mass is 273 g/mol. The predicted octanol–water partition coefficient (Wildman–Crippen LogP) is 4.13. The number of rotatable bonds is 5. The Balaban J connectivity index is 2.49. The SMILES string of the molecule is CC(C)CC(C)NC(C)c1occc1Br. The minimum Gasteiger partial charge on any atom is -0.466 e. The topological polar surface area (TPSA) is 25.2 Å². The molecule has 0 aliphatic carbocycles. The molecule has 0 radical (unpaired) electrons. The van der Waals surface area contributed by atoms with E-state index in [1.807, 2.05) is 6.07 Å². The molecule has 0 saturated heterocycles. The van der Waals surface area contributed by atoms with Crippen molar-refractivity contribution < 1.29 is 4.42 Å². The van der Waals surface area contributed by atoms with E-state index in [2.05, 4.69) is 48.9 Å². The molecule has 1 aromatic heterocycles. The molecule has 1 N–H and O–H groups in total. The highest BCUT2D eigenvalue weighted by Gasteiger charge is 2.15. The van der Waals surface area contributed by atoms with Crippen LogP contribution in [0.2, 0.25) is 0 Å². The van der Waals surface area contributed by atoms with E-state index in [4.69, 9.17) is 4.42 Å². The molecule has 2 unspecified atom stereocenters. The molecule has 3 heteroatoms. The fourth-order valence-electron chi connectivity index (χ4n) is 1.89. The molecule has 2 nitrogen and oxygen atoms in total. The molecule has 86 valence electrons. The maximum absolute atomic E-state index is 5.42. The zero-order valence-electron chi connectivity index (χ0n) is 9.88. The van der Waals surface area contributed by atoms with Gasteiger partial charge < -0.3 is 9.73 Å². The van der Waals surface area contributed by atoms with Crippen LogP contribution in [0.3, 0.4) is 0 Å². The fraction of sp³-hybridized carbons (Fsp3) is 0.667. The molecule has 0 spiro atoms. The van der Waals surface area contributed by atoms with Crippen LogP contribution in [0.25, 0.3) is 0 Å². The molecule has 0 aliphatic rings. The summed E-state index contributed by atoms with van der Waals surface area (Å²) in [5.41, 5.74) is 0. The van der Waals surface area contributed by atoms with E-state index >= 15 is 0 Å². The van der Waals surface area contributed by atoms with Gasteiger partial charge in [-0.2, -0.15) is 0 Å². The van der Waals surface area contributed by atoms with Gasteiger partial charge in [-0.05, 0) is 48.2 Å². The van der Waals surface area contributed by atoms with Crippen molar-refractivity contribution in [3.05, 3.63) is 22.6 Å². The van der Waals surface area contributed by atoms with E-state index in [1.54, 1.807) is 6.26 Å². The maximum Gasteiger partial charge on any atom is 0.134 e. The Bertz CT molecular complexity index is 296. The van der Waals surface area contributed by atoms with Crippen LogP contribution in [0.1, 0.15) is 45.9 Å². The predicted molar refractivity (Wildman–Crippen MR) is 66.9 cm³/mol. The van der Waals surface area contributed by atoms with Gasteiger partial charge in [-0.3, -0.25) is 0 Å². The molecule has 0 aromatic carbocycles. The lowest BCUT2D eigenvalue weighted by atomic mass is 10.0. The van der Waals surface area contributed by atoms with Gasteiger partial charge in [-0.25, -0.2) is 0 Å². The Hall–Kier alpha value is -0.280. The second-order valence-electron chi connectivity index (χ2n) is 4.55. The van der Waals surface area contributed by atoms with Gasteiger partial charge in [0.25, 0.3) is 0 Å². The summed E-state index contributed by atoms with van der Waals surface area (Å²) in [5, 5.41) is 3.53. The van der Waals surface area contributed by atoms with Crippen molar-refractivity contribution in [2.45, 2.75) is 46.2 Å². The zero-order chi connectivity index (χ0) is 11.4. The summed E-state index contributed by atoms with van der Waals surface area (Å²) in [7, 11) is 0. The summed E-state index contributed by atoms with van der Waals surface area (Å²) in [6.07, 6.45) is 2.90. The normalized spacial score (nSPS) is 15.6. The standard InChI is InChI=1S/C12H20BrNO/c1-8(2)7-9(3)14-10(4)12-11(13)5-6-15-12/h5-6,8-10,14H,7H2,1-4H3. The van der Waals surface area contributed by atoms with E-state index < -0.39 is 0 Å². The number of hydrogen-bond donors (Lipinski definition) is 1. The molecule has 0 fully saturated rings. The van der Waals surface area contributed by atoms with Gasteiger partial charge in [-0.15, -0.1) is 0 Å². The molecule has 2 atom stereocenters. The first kappa shape index (κ1) is 12.8. The lowest BCUT2D eigenvalue weighted by Crippen LogP contribution is -2.30. The van der Waals surface area contributed by atoms with Gasteiger partial charge in [0.2, 0.25) is 0 Å². The summed E-state index contributed by atoms with van der Waals surface area (Å²) in [5.74, 6) is 1.70. The van der Waals surface area contributed by atoms with Gasteiger partial charge in [0.15, 0.2) is 0 Å². The minimum absolute atomic E-state index is 0.253. The number of furan rings is 1. The first-order valence-corrected chi connectivity index (χ1v) is 6.29. The van der Waals surface area contributed by atoms with Crippen LogP contribution in [-0.2, 0) is 0 Å². The average molecular weight is 274 g/mol. The highest BCUT2D eigenvalue weighted by atomic mass is 79.9. The van der Waals surface area contributed by atoms with Gasteiger partial charge in [0, 0.05) is 6.04 Å². The summed E-state index contributed by atoms with van der Waals surface area (Å²) in [4.78, 5) is 0. The number of halogens is 1. The van der Waals surface area contributed by atoms with Crippen LogP contribution in [0, 0.1) is 5.92 Å². The van der Waals surface area contributed by atoms with E-state index in [0.29, 0.717) is 6.04 Å². The van der Waals surface area contributed by atoms with E-state index in [-0.39, 0.29) is 6.04 Å². The van der Waals surface area contributed by atoms with Crippen LogP contribution >= 0.6 is 15.9 Å². The van der Waals surface area contributed by atoms with Crippen molar-refractivity contribution in [2.24, 2.45) is 5.92 Å². The molecular weight excluding hydrogens is 254 g/mol. The number of nitrogens with one attached hydrogen (secondary N) is 1. The first-order valence-electron chi connectivity index (χ1n) is 5.49. The number of hydrogen-bond acceptors (Lipinski definition) is 2. The van der Waals surface area contributed by atoms with E-state index in [1.165, 1.54) is 6.42 Å². The van der Waals surface area contributed by atoms with Crippen LogP contribution in [-0.4, -0.2) is 6.04 Å². The third-order valence-electron chi connectivity index (χ3n) is 2.40. The largest absolute Gasteiger partial charge is 0.466 e. The lowest BCUT2D eigenvalue weighted by Gasteiger charge is -2.20. The average Bonchev–Trinajstić information content (AvgIpc) is 2.49. The third kappa shape index (κ3) is 3.99. The third-order valence-corrected chi connectivity index (χ3v) is 3.05. The molecule has 1 rings (SSSR count). The van der Waals surface area contributed by atoms with Crippen LogP contribution in [0.5, 0.6) is 0 Å². The van der Waals surface area contributed by atoms with Gasteiger partial charge >= 0.3 is 0 Å². The van der Waals surface area contributed by atoms with Gasteiger partial charge in [-0.1, -0.05) is 13.8 Å². The van der Waals surface area contributed by atoms with E-state index in [0.717, 1.165) is 16.2 Å². The molecule has 1 aromatic rings. The maximum atomic E-state index is 5.42. The highest BCUT2D eigenvalue weighted by Crippen LogP contribution is 2.24. The van der Waals surface area contributed by atoms with Crippen molar-refractivity contribution in [2.75, 3.05) is 0 Å². The molecule has 15 heavy (non-hydrogen) atoms. The Kier molecular flexibility index (Phi) is 4.87. The van der Waals surface area contributed by atoms with Crippen molar-refractivity contribution in [3.63, 3.8) is 0 Å². The summed E-state index contributed by atoms with van der Waals surface area (Å²) >= 11 is 3.47. The van der Waals surface area contributed by atoms with Crippen molar-refractivity contribution in [1.82, 2.24) is 5.32 Å².